The molecule has 1 aliphatic heterocycles. The topological polar surface area (TPSA) is 69.7 Å². The van der Waals surface area contributed by atoms with E-state index in [1.165, 1.54) is 6.26 Å². The first-order valence-electron chi connectivity index (χ1n) is 10.3. The molecule has 1 N–H and O–H groups in total. The second-order valence-corrected chi connectivity index (χ2v) is 9.70. The van der Waals surface area contributed by atoms with Crippen molar-refractivity contribution in [3.8, 4) is 0 Å². The maximum Gasteiger partial charge on any atom is 0.223 e. The Morgan fingerprint density at radius 3 is 2.54 bits per heavy atom. The third kappa shape index (κ3) is 7.18. The fourth-order valence-corrected chi connectivity index (χ4v) is 4.33. The lowest BCUT2D eigenvalue weighted by molar-refractivity contribution is -0.130. The molecule has 6 nitrogen and oxygen atoms in total. The first kappa shape index (κ1) is 22.8. The number of nitrogens with zero attached hydrogens (tertiary/aromatic N) is 2. The number of nitrogens with one attached hydrogen (secondary N) is 1. The van der Waals surface area contributed by atoms with Gasteiger partial charge in [0, 0.05) is 44.9 Å². The van der Waals surface area contributed by atoms with Crippen LogP contribution in [-0.2, 0) is 21.1 Å². The molecule has 1 saturated heterocycles. The highest BCUT2D eigenvalue weighted by molar-refractivity contribution is 7.90. The van der Waals surface area contributed by atoms with E-state index in [0.29, 0.717) is 17.4 Å². The number of benzene rings is 1. The standard InChI is InChI=1S/C21H35N3O3S/c1-4-23(14-5-6-15-24-16-13-22-12-11-21(24)25)18(2)17-19-7-9-20(10-8-19)28(3,26)27/h7-10,18,22H,4-6,11-17H2,1-3H3. The van der Waals surface area contributed by atoms with Crippen LogP contribution < -0.4 is 5.32 Å². The van der Waals surface area contributed by atoms with Gasteiger partial charge in [-0.15, -0.1) is 0 Å². The summed E-state index contributed by atoms with van der Waals surface area (Å²) in [6.07, 6.45) is 4.84. The van der Waals surface area contributed by atoms with Crippen LogP contribution >= 0.6 is 0 Å². The molecular weight excluding hydrogens is 374 g/mol. The van der Waals surface area contributed by atoms with Gasteiger partial charge in [0.25, 0.3) is 0 Å². The summed E-state index contributed by atoms with van der Waals surface area (Å²) >= 11 is 0. The van der Waals surface area contributed by atoms with Crippen LogP contribution in [0, 0.1) is 0 Å². The van der Waals surface area contributed by atoms with Gasteiger partial charge >= 0.3 is 0 Å². The molecule has 0 radical (unpaired) electrons. The van der Waals surface area contributed by atoms with Gasteiger partial charge in [-0.25, -0.2) is 8.42 Å². The molecule has 0 aromatic heterocycles. The molecule has 0 aliphatic carbocycles. The summed E-state index contributed by atoms with van der Waals surface area (Å²) in [5.41, 5.74) is 1.15. The molecule has 1 amide bonds. The van der Waals surface area contributed by atoms with Crippen molar-refractivity contribution in [3.63, 3.8) is 0 Å². The third-order valence-corrected chi connectivity index (χ3v) is 6.59. The molecule has 1 atom stereocenters. The predicted octanol–water partition coefficient (Wildman–Crippen LogP) is 1.95. The van der Waals surface area contributed by atoms with E-state index in [0.717, 1.165) is 64.1 Å². The molecule has 1 unspecified atom stereocenters. The highest BCUT2D eigenvalue weighted by Crippen LogP contribution is 2.14. The molecule has 1 aromatic carbocycles. The molecule has 7 heteroatoms. The van der Waals surface area contributed by atoms with Gasteiger partial charge in [0.1, 0.15) is 0 Å². The van der Waals surface area contributed by atoms with Crippen LogP contribution in [0.15, 0.2) is 29.2 Å². The molecular formula is C21H35N3O3S. The lowest BCUT2D eigenvalue weighted by Gasteiger charge is -2.28. The van der Waals surface area contributed by atoms with E-state index in [1.54, 1.807) is 12.1 Å². The molecule has 0 spiro atoms. The van der Waals surface area contributed by atoms with Gasteiger partial charge in [0.2, 0.25) is 5.91 Å². The smallest absolute Gasteiger partial charge is 0.223 e. The molecule has 1 fully saturated rings. The van der Waals surface area contributed by atoms with Gasteiger partial charge in [0.05, 0.1) is 4.90 Å². The summed E-state index contributed by atoms with van der Waals surface area (Å²) in [5, 5.41) is 3.27. The predicted molar refractivity (Wildman–Crippen MR) is 113 cm³/mol. The van der Waals surface area contributed by atoms with E-state index in [9.17, 15) is 13.2 Å². The average Bonchev–Trinajstić information content (AvgIpc) is 2.85. The zero-order valence-electron chi connectivity index (χ0n) is 17.5. The minimum Gasteiger partial charge on any atom is -0.341 e. The number of sulfone groups is 1. The van der Waals surface area contributed by atoms with Gasteiger partial charge in [-0.05, 0) is 57.0 Å². The second kappa shape index (κ2) is 10.9. The van der Waals surface area contributed by atoms with E-state index in [2.05, 4.69) is 24.1 Å². The number of carbonyl (C=O) groups excluding carboxylic acids is 1. The van der Waals surface area contributed by atoms with E-state index in [1.807, 2.05) is 17.0 Å². The maximum atomic E-state index is 12.0. The highest BCUT2D eigenvalue weighted by Gasteiger charge is 2.17. The van der Waals surface area contributed by atoms with Crippen molar-refractivity contribution in [2.75, 3.05) is 45.5 Å². The zero-order chi connectivity index (χ0) is 20.6. The Morgan fingerprint density at radius 1 is 1.18 bits per heavy atom. The monoisotopic (exact) mass is 409 g/mol. The number of likely N-dealkylation sites (N-methyl/N-ethyl adjacent to an activating group) is 1. The first-order valence-corrected chi connectivity index (χ1v) is 12.2. The number of unbranched alkanes of at least 4 members (excludes halogenated alkanes) is 1. The number of hydrogen-bond acceptors (Lipinski definition) is 5. The van der Waals surface area contributed by atoms with Crippen LogP contribution in [-0.4, -0.2) is 75.7 Å². The molecule has 0 bridgehead atoms. The minimum absolute atomic E-state index is 0.267. The van der Waals surface area contributed by atoms with Crippen molar-refractivity contribution < 1.29 is 13.2 Å². The summed E-state index contributed by atoms with van der Waals surface area (Å²) in [4.78, 5) is 16.8. The largest absolute Gasteiger partial charge is 0.341 e. The van der Waals surface area contributed by atoms with Gasteiger partial charge in [-0.3, -0.25) is 4.79 Å². The minimum atomic E-state index is -3.14. The van der Waals surface area contributed by atoms with Crippen LogP contribution in [0.2, 0.25) is 0 Å². The molecule has 28 heavy (non-hydrogen) atoms. The molecule has 1 aromatic rings. The lowest BCUT2D eigenvalue weighted by atomic mass is 10.1. The van der Waals surface area contributed by atoms with Crippen LogP contribution in [0.4, 0.5) is 0 Å². The summed E-state index contributed by atoms with van der Waals surface area (Å²) in [6, 6.07) is 7.61. The maximum absolute atomic E-state index is 12.0. The second-order valence-electron chi connectivity index (χ2n) is 7.69. The Hall–Kier alpha value is -1.44. The fourth-order valence-electron chi connectivity index (χ4n) is 3.70. The van der Waals surface area contributed by atoms with Gasteiger partial charge < -0.3 is 15.1 Å². The van der Waals surface area contributed by atoms with Crippen molar-refractivity contribution in [2.24, 2.45) is 0 Å². The summed E-state index contributed by atoms with van der Waals surface area (Å²) in [7, 11) is -3.14. The van der Waals surface area contributed by atoms with Crippen LogP contribution in [0.3, 0.4) is 0 Å². The number of amides is 1. The summed E-state index contributed by atoms with van der Waals surface area (Å²) in [6.45, 7) is 9.74. The van der Waals surface area contributed by atoms with E-state index < -0.39 is 9.84 Å². The van der Waals surface area contributed by atoms with Crippen LogP contribution in [0.5, 0.6) is 0 Å². The van der Waals surface area contributed by atoms with Crippen molar-refractivity contribution in [3.05, 3.63) is 29.8 Å². The molecule has 158 valence electrons. The molecule has 1 heterocycles. The number of carbonyl (C=O) groups is 1. The zero-order valence-corrected chi connectivity index (χ0v) is 18.3. The Kier molecular flexibility index (Phi) is 8.92. The highest BCUT2D eigenvalue weighted by atomic mass is 32.2. The van der Waals surface area contributed by atoms with E-state index >= 15 is 0 Å². The first-order chi connectivity index (χ1) is 13.3. The SMILES string of the molecule is CCN(CCCCN1CCNCCC1=O)C(C)Cc1ccc(S(C)(=O)=O)cc1. The quantitative estimate of drug-likeness (QED) is 0.598. The van der Waals surface area contributed by atoms with Crippen LogP contribution in [0.1, 0.15) is 38.7 Å². The Labute approximate surface area is 170 Å². The van der Waals surface area contributed by atoms with Crippen molar-refractivity contribution in [1.29, 1.82) is 0 Å². The summed E-state index contributed by atoms with van der Waals surface area (Å²) in [5.74, 6) is 0.267. The average molecular weight is 410 g/mol. The van der Waals surface area contributed by atoms with E-state index in [4.69, 9.17) is 0 Å². The fraction of sp³-hybridized carbons (Fsp3) is 0.667. The van der Waals surface area contributed by atoms with Gasteiger partial charge in [-0.2, -0.15) is 0 Å². The number of rotatable bonds is 10. The molecule has 2 rings (SSSR count). The van der Waals surface area contributed by atoms with Crippen molar-refractivity contribution in [2.45, 2.75) is 50.5 Å². The molecule has 1 aliphatic rings. The van der Waals surface area contributed by atoms with E-state index in [-0.39, 0.29) is 5.91 Å². The van der Waals surface area contributed by atoms with Gasteiger partial charge in [0.15, 0.2) is 9.84 Å². The van der Waals surface area contributed by atoms with Gasteiger partial charge in [-0.1, -0.05) is 19.1 Å². The van der Waals surface area contributed by atoms with Crippen molar-refractivity contribution in [1.82, 2.24) is 15.1 Å². The Bertz CT molecular complexity index is 719. The normalized spacial score (nSPS) is 17.0. The number of hydrogen-bond donors (Lipinski definition) is 1. The Balaban J connectivity index is 1.78. The third-order valence-electron chi connectivity index (χ3n) is 5.46. The molecule has 0 saturated carbocycles. The Morgan fingerprint density at radius 2 is 1.89 bits per heavy atom. The van der Waals surface area contributed by atoms with Crippen molar-refractivity contribution >= 4 is 15.7 Å². The summed E-state index contributed by atoms with van der Waals surface area (Å²) < 4.78 is 23.2. The lowest BCUT2D eigenvalue weighted by Crippen LogP contribution is -2.36. The van der Waals surface area contributed by atoms with Crippen LogP contribution in [0.25, 0.3) is 0 Å².